The lowest BCUT2D eigenvalue weighted by Crippen LogP contribution is -2.58. The Labute approximate surface area is 223 Å². The van der Waals surface area contributed by atoms with E-state index in [1.165, 1.54) is 6.92 Å². The molecule has 10 atom stereocenters. The Morgan fingerprint density at radius 2 is 1.66 bits per heavy atom. The van der Waals surface area contributed by atoms with Gasteiger partial charge in [-0.25, -0.2) is 18.2 Å². The van der Waals surface area contributed by atoms with E-state index in [0.29, 0.717) is 41.9 Å². The fraction of sp³-hybridized carbons (Fsp3) is 0.774. The zero-order valence-corrected chi connectivity index (χ0v) is 23.1. The first-order valence-electron chi connectivity index (χ1n) is 14.7. The molecule has 0 radical (unpaired) electrons. The van der Waals surface area contributed by atoms with E-state index in [4.69, 9.17) is 4.42 Å². The Balaban J connectivity index is 1.18. The molecular weight excluding hydrogens is 491 g/mol. The topological polar surface area (TPSA) is 66.5 Å². The lowest BCUT2D eigenvalue weighted by molar-refractivity contribution is -0.174. The van der Waals surface area contributed by atoms with Crippen LogP contribution in [0, 0.1) is 70.7 Å². The van der Waals surface area contributed by atoms with Gasteiger partial charge in [0.1, 0.15) is 0 Å². The average molecular weight is 534 g/mol. The van der Waals surface area contributed by atoms with Crippen molar-refractivity contribution < 1.29 is 27.8 Å². The highest BCUT2D eigenvalue weighted by Crippen LogP contribution is 2.68. The molecule has 0 amide bonds. The molecular formula is C31H42F3NO3. The van der Waals surface area contributed by atoms with Gasteiger partial charge in [-0.2, -0.15) is 0 Å². The molecule has 2 N–H and O–H groups in total. The van der Waals surface area contributed by atoms with Crippen LogP contribution in [0.25, 0.3) is 11.1 Å². The summed E-state index contributed by atoms with van der Waals surface area (Å²) in [6, 6.07) is 0. The van der Waals surface area contributed by atoms with E-state index >= 15 is 0 Å². The van der Waals surface area contributed by atoms with Crippen molar-refractivity contribution in [1.29, 1.82) is 0 Å². The molecule has 4 nitrogen and oxygen atoms in total. The Hall–Kier alpha value is -1.60. The zero-order valence-electron chi connectivity index (χ0n) is 23.1. The number of benzene rings is 1. The molecule has 4 aliphatic carbocycles. The second-order valence-corrected chi connectivity index (χ2v) is 13.8. The Kier molecular flexibility index (Phi) is 6.46. The third-order valence-corrected chi connectivity index (χ3v) is 12.2. The molecule has 4 aliphatic rings. The van der Waals surface area contributed by atoms with Crippen molar-refractivity contribution >= 4 is 11.1 Å². The number of halogens is 3. The van der Waals surface area contributed by atoms with Crippen LogP contribution < -0.4 is 0 Å². The molecule has 2 aromatic rings. The molecule has 6 rings (SSSR count). The van der Waals surface area contributed by atoms with Crippen molar-refractivity contribution in [1.82, 2.24) is 4.98 Å². The molecule has 7 heteroatoms. The summed E-state index contributed by atoms with van der Waals surface area (Å²) >= 11 is 0. The van der Waals surface area contributed by atoms with Crippen LogP contribution >= 0.6 is 0 Å². The van der Waals surface area contributed by atoms with Gasteiger partial charge in [0.05, 0.1) is 12.2 Å². The molecule has 38 heavy (non-hydrogen) atoms. The number of hydrogen-bond donors (Lipinski definition) is 2. The van der Waals surface area contributed by atoms with Crippen molar-refractivity contribution in [2.24, 2.45) is 46.3 Å². The average Bonchev–Trinajstić information content (AvgIpc) is 3.47. The molecule has 0 spiro atoms. The van der Waals surface area contributed by atoms with Gasteiger partial charge in [-0.3, -0.25) is 0 Å². The predicted molar refractivity (Wildman–Crippen MR) is 139 cm³/mol. The van der Waals surface area contributed by atoms with E-state index in [2.05, 4.69) is 25.8 Å². The molecule has 0 aliphatic heterocycles. The third-order valence-electron chi connectivity index (χ3n) is 12.2. The predicted octanol–water partition coefficient (Wildman–Crippen LogP) is 7.11. The van der Waals surface area contributed by atoms with E-state index in [-0.39, 0.29) is 45.6 Å². The molecule has 1 unspecified atom stereocenters. The van der Waals surface area contributed by atoms with Crippen molar-refractivity contribution in [3.63, 3.8) is 0 Å². The quantitative estimate of drug-likeness (QED) is 0.411. The monoisotopic (exact) mass is 533 g/mol. The molecule has 210 valence electrons. The first-order chi connectivity index (χ1) is 18.0. The second kappa shape index (κ2) is 9.22. The Bertz CT molecular complexity index is 1190. The highest BCUT2D eigenvalue weighted by atomic mass is 19.2. The lowest BCUT2D eigenvalue weighted by Gasteiger charge is -2.62. The van der Waals surface area contributed by atoms with E-state index < -0.39 is 17.5 Å². The normalized spacial score (nSPS) is 41.6. The number of oxazole rings is 1. The van der Waals surface area contributed by atoms with Gasteiger partial charge >= 0.3 is 0 Å². The number of aliphatic hydroxyl groups is 2. The van der Waals surface area contributed by atoms with Gasteiger partial charge in [0, 0.05) is 12.0 Å². The van der Waals surface area contributed by atoms with Crippen LogP contribution in [0.5, 0.6) is 0 Å². The fourth-order valence-corrected chi connectivity index (χ4v) is 10.0. The van der Waals surface area contributed by atoms with Crippen LogP contribution in [0.15, 0.2) is 4.42 Å². The zero-order chi connectivity index (χ0) is 27.1. The summed E-state index contributed by atoms with van der Waals surface area (Å²) in [5, 5.41) is 21.8. The highest BCUT2D eigenvalue weighted by molar-refractivity contribution is 5.75. The van der Waals surface area contributed by atoms with Crippen molar-refractivity contribution in [3.8, 4) is 0 Å². The van der Waals surface area contributed by atoms with Crippen LogP contribution in [-0.2, 0) is 6.42 Å². The first-order valence-corrected chi connectivity index (χ1v) is 14.7. The summed E-state index contributed by atoms with van der Waals surface area (Å²) in [5.74, 6) is -0.402. The third kappa shape index (κ3) is 3.81. The van der Waals surface area contributed by atoms with Gasteiger partial charge in [-0.15, -0.1) is 0 Å². The number of fused-ring (bicyclic) bond motifs is 6. The number of aliphatic hydroxyl groups excluding tert-OH is 2. The van der Waals surface area contributed by atoms with Gasteiger partial charge in [0.15, 0.2) is 34.4 Å². The van der Waals surface area contributed by atoms with Crippen LogP contribution in [0.1, 0.15) is 90.0 Å². The largest absolute Gasteiger partial charge is 0.437 e. The number of rotatable bonds is 4. The molecule has 1 aromatic heterocycles. The maximum absolute atomic E-state index is 14.5. The number of hydrogen-bond acceptors (Lipinski definition) is 4. The fourth-order valence-electron chi connectivity index (χ4n) is 10.0. The molecule has 0 bridgehead atoms. The minimum atomic E-state index is -1.21. The Morgan fingerprint density at radius 3 is 2.42 bits per heavy atom. The van der Waals surface area contributed by atoms with Gasteiger partial charge in [0.25, 0.3) is 0 Å². The van der Waals surface area contributed by atoms with Crippen molar-refractivity contribution in [2.45, 2.75) is 104 Å². The lowest BCUT2D eigenvalue weighted by atomic mass is 9.43. The SMILES string of the molecule is Cc1c(F)c(F)c2nc(CCC(C)[C@H]3CC[C@H]4[C@@H]5[C@H](O)C[C@@H]6C[C@H](O)CC[C@]6(C)[C@H]5CC[C@]34C)oc2c1F. The minimum Gasteiger partial charge on any atom is -0.437 e. The molecule has 1 aromatic carbocycles. The maximum atomic E-state index is 14.5. The Morgan fingerprint density at radius 1 is 0.947 bits per heavy atom. The summed E-state index contributed by atoms with van der Waals surface area (Å²) < 4.78 is 48.4. The van der Waals surface area contributed by atoms with E-state index in [0.717, 1.165) is 57.8 Å². The maximum Gasteiger partial charge on any atom is 0.195 e. The standard InChI is InChI=1S/C31H42F3NO3/c1-15(5-8-23-35-28-27(34)25(32)16(2)26(33)29(28)38-23)19-6-7-20-24-21(10-12-31(19,20)4)30(3)11-9-18(36)13-17(30)14-22(24)37/h15,17-22,24,36-37H,5-14H2,1-4H3/t15?,17-,18+,19+,20-,21-,22+,24-,30-,31+/m0/s1. The summed E-state index contributed by atoms with van der Waals surface area (Å²) in [7, 11) is 0. The minimum absolute atomic E-state index is 0.151. The number of aromatic nitrogens is 1. The van der Waals surface area contributed by atoms with Gasteiger partial charge < -0.3 is 14.6 Å². The van der Waals surface area contributed by atoms with E-state index in [1.54, 1.807) is 0 Å². The van der Waals surface area contributed by atoms with Gasteiger partial charge in [-0.05, 0) is 111 Å². The molecule has 1 heterocycles. The smallest absolute Gasteiger partial charge is 0.195 e. The van der Waals surface area contributed by atoms with Gasteiger partial charge in [-0.1, -0.05) is 20.8 Å². The second-order valence-electron chi connectivity index (χ2n) is 13.8. The van der Waals surface area contributed by atoms with Crippen LogP contribution in [0.4, 0.5) is 13.2 Å². The summed E-state index contributed by atoms with van der Waals surface area (Å²) in [5.41, 5.74) is -0.695. The molecule has 0 saturated heterocycles. The first kappa shape index (κ1) is 26.6. The number of nitrogens with zero attached hydrogens (tertiary/aromatic N) is 1. The summed E-state index contributed by atoms with van der Waals surface area (Å²) in [6.07, 6.45) is 8.83. The molecule has 4 fully saturated rings. The van der Waals surface area contributed by atoms with Crippen molar-refractivity contribution in [2.75, 3.05) is 0 Å². The van der Waals surface area contributed by atoms with E-state index in [9.17, 15) is 23.4 Å². The summed E-state index contributed by atoms with van der Waals surface area (Å²) in [4.78, 5) is 4.12. The number of aryl methyl sites for hydroxylation is 1. The van der Waals surface area contributed by atoms with Gasteiger partial charge in [0.2, 0.25) is 0 Å². The van der Waals surface area contributed by atoms with Crippen molar-refractivity contribution in [3.05, 3.63) is 28.9 Å². The van der Waals surface area contributed by atoms with E-state index in [1.807, 2.05) is 0 Å². The van der Waals surface area contributed by atoms with Crippen LogP contribution in [0.3, 0.4) is 0 Å². The highest BCUT2D eigenvalue weighted by Gasteiger charge is 2.62. The summed E-state index contributed by atoms with van der Waals surface area (Å²) in [6.45, 7) is 8.33. The van der Waals surface area contributed by atoms with Crippen LogP contribution in [-0.4, -0.2) is 27.4 Å². The molecule has 4 saturated carbocycles. The van der Waals surface area contributed by atoms with Crippen LogP contribution in [0.2, 0.25) is 0 Å².